The molecule has 0 aromatic heterocycles. The number of rotatable bonds is 3. The quantitative estimate of drug-likeness (QED) is 0.783. The lowest BCUT2D eigenvalue weighted by Crippen LogP contribution is -2.35. The van der Waals surface area contributed by atoms with Crippen molar-refractivity contribution in [2.75, 3.05) is 25.4 Å². The van der Waals surface area contributed by atoms with E-state index in [1.807, 2.05) is 0 Å². The average Bonchev–Trinajstić information content (AvgIpc) is 2.52. The standard InChI is InChI=1S/C15H27NOS/c1-15(2)8-9-16(10-11-18-15)12-14(17)13-6-4-3-5-7-13/h13H,3-12H2,1-2H3. The molecule has 2 nitrogen and oxygen atoms in total. The summed E-state index contributed by atoms with van der Waals surface area (Å²) in [5, 5.41) is 0. The molecule has 1 saturated heterocycles. The molecule has 1 heterocycles. The van der Waals surface area contributed by atoms with Crippen molar-refractivity contribution >= 4 is 17.5 Å². The smallest absolute Gasteiger partial charge is 0.149 e. The molecule has 0 amide bonds. The Morgan fingerprint density at radius 1 is 1.22 bits per heavy atom. The van der Waals surface area contributed by atoms with Crippen molar-refractivity contribution in [3.63, 3.8) is 0 Å². The van der Waals surface area contributed by atoms with Gasteiger partial charge in [-0.15, -0.1) is 0 Å². The Labute approximate surface area is 116 Å². The third kappa shape index (κ3) is 4.27. The number of Topliss-reactive ketones (excluding diaryl/α,β-unsaturated/α-hetero) is 1. The predicted molar refractivity (Wildman–Crippen MR) is 79.2 cm³/mol. The maximum Gasteiger partial charge on any atom is 0.149 e. The zero-order chi connectivity index (χ0) is 13.0. The van der Waals surface area contributed by atoms with Crippen LogP contribution in [-0.2, 0) is 4.79 Å². The molecule has 0 aromatic carbocycles. The van der Waals surface area contributed by atoms with E-state index in [4.69, 9.17) is 0 Å². The molecule has 1 aliphatic carbocycles. The molecule has 18 heavy (non-hydrogen) atoms. The molecule has 0 radical (unpaired) electrons. The van der Waals surface area contributed by atoms with Gasteiger partial charge in [0.1, 0.15) is 5.78 Å². The maximum atomic E-state index is 12.3. The van der Waals surface area contributed by atoms with Gasteiger partial charge in [-0.3, -0.25) is 9.69 Å². The van der Waals surface area contributed by atoms with Gasteiger partial charge in [0.15, 0.2) is 0 Å². The van der Waals surface area contributed by atoms with Crippen LogP contribution in [0.15, 0.2) is 0 Å². The van der Waals surface area contributed by atoms with E-state index >= 15 is 0 Å². The number of hydrogen-bond acceptors (Lipinski definition) is 3. The molecule has 0 bridgehead atoms. The lowest BCUT2D eigenvalue weighted by Gasteiger charge is -2.25. The van der Waals surface area contributed by atoms with Gasteiger partial charge in [0, 0.05) is 23.0 Å². The first kappa shape index (κ1) is 14.4. The normalized spacial score (nSPS) is 26.8. The first-order valence-electron chi connectivity index (χ1n) is 7.46. The van der Waals surface area contributed by atoms with Gasteiger partial charge in [0.25, 0.3) is 0 Å². The third-order valence-corrected chi connectivity index (χ3v) is 5.74. The Hall–Kier alpha value is -0.0200. The number of hydrogen-bond donors (Lipinski definition) is 0. The second-order valence-electron chi connectivity index (χ2n) is 6.44. The molecule has 1 saturated carbocycles. The van der Waals surface area contributed by atoms with Gasteiger partial charge in [-0.2, -0.15) is 11.8 Å². The third-order valence-electron chi connectivity index (χ3n) is 4.37. The fraction of sp³-hybridized carbons (Fsp3) is 0.933. The van der Waals surface area contributed by atoms with Crippen molar-refractivity contribution in [1.29, 1.82) is 0 Å². The Morgan fingerprint density at radius 3 is 2.67 bits per heavy atom. The van der Waals surface area contributed by atoms with Gasteiger partial charge < -0.3 is 0 Å². The van der Waals surface area contributed by atoms with Gasteiger partial charge in [-0.1, -0.05) is 33.1 Å². The zero-order valence-corrected chi connectivity index (χ0v) is 12.7. The van der Waals surface area contributed by atoms with Crippen LogP contribution in [-0.4, -0.2) is 40.8 Å². The second kappa shape index (κ2) is 6.42. The summed E-state index contributed by atoms with van der Waals surface area (Å²) in [6.07, 6.45) is 7.35. The van der Waals surface area contributed by atoms with E-state index in [9.17, 15) is 4.79 Å². The van der Waals surface area contributed by atoms with Crippen molar-refractivity contribution in [3.8, 4) is 0 Å². The van der Waals surface area contributed by atoms with Crippen LogP contribution in [0.1, 0.15) is 52.4 Å². The summed E-state index contributed by atoms with van der Waals surface area (Å²) >= 11 is 2.05. The number of ketones is 1. The van der Waals surface area contributed by atoms with E-state index in [2.05, 4.69) is 30.5 Å². The van der Waals surface area contributed by atoms with Crippen molar-refractivity contribution in [1.82, 2.24) is 4.90 Å². The molecular weight excluding hydrogens is 242 g/mol. The molecule has 0 N–H and O–H groups in total. The maximum absolute atomic E-state index is 12.3. The SMILES string of the molecule is CC1(C)CCN(CC(=O)C2CCCCC2)CCS1. The van der Waals surface area contributed by atoms with Gasteiger partial charge in [-0.25, -0.2) is 0 Å². The van der Waals surface area contributed by atoms with Gasteiger partial charge in [0.2, 0.25) is 0 Å². The van der Waals surface area contributed by atoms with Crippen LogP contribution >= 0.6 is 11.8 Å². The van der Waals surface area contributed by atoms with Crippen LogP contribution in [0, 0.1) is 5.92 Å². The van der Waals surface area contributed by atoms with E-state index < -0.39 is 0 Å². The summed E-state index contributed by atoms with van der Waals surface area (Å²) in [6, 6.07) is 0. The van der Waals surface area contributed by atoms with E-state index in [-0.39, 0.29) is 0 Å². The largest absolute Gasteiger partial charge is 0.298 e. The lowest BCUT2D eigenvalue weighted by molar-refractivity contribution is -0.124. The predicted octanol–water partition coefficient (Wildman–Crippen LogP) is 3.35. The minimum Gasteiger partial charge on any atom is -0.298 e. The Balaban J connectivity index is 1.79. The molecule has 2 fully saturated rings. The van der Waals surface area contributed by atoms with E-state index in [1.165, 1.54) is 31.4 Å². The summed E-state index contributed by atoms with van der Waals surface area (Å²) in [5.41, 5.74) is 0. The second-order valence-corrected chi connectivity index (χ2v) is 8.24. The fourth-order valence-corrected chi connectivity index (χ4v) is 4.13. The molecule has 0 unspecified atom stereocenters. The minimum atomic E-state index is 0.377. The summed E-state index contributed by atoms with van der Waals surface area (Å²) < 4.78 is 0.392. The molecule has 104 valence electrons. The van der Waals surface area contributed by atoms with Gasteiger partial charge >= 0.3 is 0 Å². The molecular formula is C15H27NOS. The van der Waals surface area contributed by atoms with Crippen LogP contribution in [0.4, 0.5) is 0 Å². The first-order valence-corrected chi connectivity index (χ1v) is 8.44. The summed E-state index contributed by atoms with van der Waals surface area (Å²) in [5.74, 6) is 2.06. The summed E-state index contributed by atoms with van der Waals surface area (Å²) in [4.78, 5) is 14.7. The molecule has 2 aliphatic rings. The van der Waals surface area contributed by atoms with Crippen LogP contribution in [0.3, 0.4) is 0 Å². The monoisotopic (exact) mass is 269 g/mol. The molecule has 0 aromatic rings. The highest BCUT2D eigenvalue weighted by Crippen LogP contribution is 2.31. The van der Waals surface area contributed by atoms with Crippen molar-refractivity contribution in [2.24, 2.45) is 5.92 Å². The molecule has 0 atom stereocenters. The number of carbonyl (C=O) groups is 1. The lowest BCUT2D eigenvalue weighted by atomic mass is 9.86. The van der Waals surface area contributed by atoms with Crippen molar-refractivity contribution in [2.45, 2.75) is 57.1 Å². The van der Waals surface area contributed by atoms with Crippen molar-refractivity contribution in [3.05, 3.63) is 0 Å². The topological polar surface area (TPSA) is 20.3 Å². The Morgan fingerprint density at radius 2 is 1.94 bits per heavy atom. The number of carbonyl (C=O) groups excluding carboxylic acids is 1. The van der Waals surface area contributed by atoms with E-state index in [0.29, 0.717) is 23.0 Å². The Kier molecular flexibility index (Phi) is 5.14. The van der Waals surface area contributed by atoms with Crippen molar-refractivity contribution < 1.29 is 4.79 Å². The molecule has 0 spiro atoms. The number of thioether (sulfide) groups is 1. The van der Waals surface area contributed by atoms with Crippen LogP contribution in [0.5, 0.6) is 0 Å². The zero-order valence-electron chi connectivity index (χ0n) is 11.9. The van der Waals surface area contributed by atoms with Crippen LogP contribution in [0.2, 0.25) is 0 Å². The average molecular weight is 269 g/mol. The summed E-state index contributed by atoms with van der Waals surface area (Å²) in [7, 11) is 0. The van der Waals surface area contributed by atoms with Gasteiger partial charge in [0.05, 0.1) is 6.54 Å². The molecule has 3 heteroatoms. The highest BCUT2D eigenvalue weighted by atomic mass is 32.2. The molecule has 1 aliphatic heterocycles. The highest BCUT2D eigenvalue weighted by Gasteiger charge is 2.27. The minimum absolute atomic E-state index is 0.377. The fourth-order valence-electron chi connectivity index (χ4n) is 2.99. The Bertz CT molecular complexity index is 284. The van der Waals surface area contributed by atoms with Gasteiger partial charge in [-0.05, 0) is 25.8 Å². The summed E-state index contributed by atoms with van der Waals surface area (Å²) in [6.45, 7) is 7.54. The van der Waals surface area contributed by atoms with Crippen LogP contribution in [0.25, 0.3) is 0 Å². The van der Waals surface area contributed by atoms with E-state index in [1.54, 1.807) is 0 Å². The van der Waals surface area contributed by atoms with Crippen LogP contribution < -0.4 is 0 Å². The molecule has 2 rings (SSSR count). The highest BCUT2D eigenvalue weighted by molar-refractivity contribution is 8.00. The first-order chi connectivity index (χ1) is 8.57. The number of nitrogens with zero attached hydrogens (tertiary/aromatic N) is 1. The van der Waals surface area contributed by atoms with E-state index in [0.717, 1.165) is 25.9 Å².